The number of nitriles is 1. The molecule has 0 heterocycles. The highest BCUT2D eigenvalue weighted by molar-refractivity contribution is 5.98. The third-order valence-electron chi connectivity index (χ3n) is 4.04. The maximum absolute atomic E-state index is 13.2. The van der Waals surface area contributed by atoms with E-state index in [1.165, 1.54) is 0 Å². The van der Waals surface area contributed by atoms with Gasteiger partial charge in [-0.2, -0.15) is 5.26 Å². The van der Waals surface area contributed by atoms with Crippen LogP contribution in [0.4, 0.5) is 5.69 Å². The summed E-state index contributed by atoms with van der Waals surface area (Å²) in [5, 5.41) is 12.4. The van der Waals surface area contributed by atoms with E-state index >= 15 is 0 Å². The second-order valence-electron chi connectivity index (χ2n) is 8.06. The van der Waals surface area contributed by atoms with Crippen molar-refractivity contribution in [2.75, 3.05) is 11.9 Å². The second kappa shape index (κ2) is 10.3. The largest absolute Gasteiger partial charge is 0.491 e. The Labute approximate surface area is 164 Å². The summed E-state index contributed by atoms with van der Waals surface area (Å²) >= 11 is 0. The smallest absolute Gasteiger partial charge is 0.256 e. The molecule has 150 valence electrons. The summed E-state index contributed by atoms with van der Waals surface area (Å²) in [4.78, 5) is 13.2. The van der Waals surface area contributed by atoms with Crippen LogP contribution in [0.3, 0.4) is 0 Å². The van der Waals surface area contributed by atoms with Crippen molar-refractivity contribution < 1.29 is 14.3 Å². The molecule has 27 heavy (non-hydrogen) atoms. The van der Waals surface area contributed by atoms with Crippen LogP contribution >= 0.6 is 0 Å². The van der Waals surface area contributed by atoms with Crippen molar-refractivity contribution in [2.45, 2.75) is 73.0 Å². The van der Waals surface area contributed by atoms with Crippen molar-refractivity contribution in [1.29, 1.82) is 5.26 Å². The molecule has 5 nitrogen and oxygen atoms in total. The molecule has 1 N–H and O–H groups in total. The fourth-order valence-electron chi connectivity index (χ4n) is 3.35. The van der Waals surface area contributed by atoms with E-state index in [-0.39, 0.29) is 12.0 Å². The Balaban J connectivity index is 3.18. The number of benzene rings is 1. The minimum atomic E-state index is -0.906. The minimum absolute atomic E-state index is 0.0136. The van der Waals surface area contributed by atoms with E-state index in [1.807, 2.05) is 20.8 Å². The molecule has 0 aliphatic heterocycles. The van der Waals surface area contributed by atoms with Crippen molar-refractivity contribution in [3.05, 3.63) is 23.8 Å². The first-order valence-electron chi connectivity index (χ1n) is 9.79. The van der Waals surface area contributed by atoms with Gasteiger partial charge in [0.2, 0.25) is 0 Å². The zero-order valence-electron chi connectivity index (χ0n) is 17.8. The van der Waals surface area contributed by atoms with Crippen LogP contribution in [0, 0.1) is 23.2 Å². The van der Waals surface area contributed by atoms with E-state index in [9.17, 15) is 10.1 Å². The van der Waals surface area contributed by atoms with E-state index < -0.39 is 5.60 Å². The topological polar surface area (TPSA) is 71.3 Å². The normalized spacial score (nSPS) is 11.7. The molecule has 0 spiro atoms. The summed E-state index contributed by atoms with van der Waals surface area (Å²) < 4.78 is 11.7. The highest BCUT2D eigenvalue weighted by Crippen LogP contribution is 2.32. The number of hydrogen-bond donors (Lipinski definition) is 1. The molecule has 0 saturated carbocycles. The molecule has 1 amide bonds. The third kappa shape index (κ3) is 6.88. The van der Waals surface area contributed by atoms with E-state index in [1.54, 1.807) is 18.2 Å². The molecule has 1 rings (SSSR count). The molecule has 0 unspecified atom stereocenters. The van der Waals surface area contributed by atoms with Gasteiger partial charge in [-0.25, -0.2) is 0 Å². The summed E-state index contributed by atoms with van der Waals surface area (Å²) in [7, 11) is 0. The Kier molecular flexibility index (Phi) is 8.78. The zero-order chi connectivity index (χ0) is 20.6. The summed E-state index contributed by atoms with van der Waals surface area (Å²) in [6, 6.07) is 7.29. The molecule has 0 radical (unpaired) electrons. The molecule has 0 saturated heterocycles. The maximum atomic E-state index is 13.2. The van der Waals surface area contributed by atoms with Gasteiger partial charge in [0.05, 0.1) is 17.4 Å². The van der Waals surface area contributed by atoms with Crippen LogP contribution in [0.5, 0.6) is 5.75 Å². The predicted octanol–water partition coefficient (Wildman–Crippen LogP) is 5.15. The number of anilines is 1. The van der Waals surface area contributed by atoms with E-state index in [2.05, 4.69) is 39.1 Å². The number of carbonyl (C=O) groups excluding carboxylic acids is 1. The van der Waals surface area contributed by atoms with Crippen LogP contribution in [-0.4, -0.2) is 24.2 Å². The summed E-state index contributed by atoms with van der Waals surface area (Å²) in [6.45, 7) is 14.5. The van der Waals surface area contributed by atoms with Crippen LogP contribution < -0.4 is 10.1 Å². The van der Waals surface area contributed by atoms with Gasteiger partial charge in [-0.1, -0.05) is 27.7 Å². The number of carbonyl (C=O) groups is 1. The van der Waals surface area contributed by atoms with Crippen molar-refractivity contribution in [3.8, 4) is 11.8 Å². The molecule has 0 aliphatic carbocycles. The number of nitrogens with zero attached hydrogens (tertiary/aromatic N) is 1. The first kappa shape index (κ1) is 23.0. The molecule has 5 heteroatoms. The van der Waals surface area contributed by atoms with Crippen LogP contribution in [-0.2, 0) is 9.53 Å². The van der Waals surface area contributed by atoms with Crippen LogP contribution in [0.25, 0.3) is 0 Å². The third-order valence-corrected chi connectivity index (χ3v) is 4.04. The van der Waals surface area contributed by atoms with Crippen LogP contribution in [0.2, 0.25) is 0 Å². The lowest BCUT2D eigenvalue weighted by atomic mass is 9.83. The van der Waals surface area contributed by atoms with E-state index in [0.29, 0.717) is 48.3 Å². The standard InChI is InChI=1S/C22H34N2O3/c1-8-26-22(12-15(2)3,13-16(4)5)21(25)24-20-10-9-19(27-17(6)7)11-18(20)14-23/h9-11,15-17H,8,12-13H2,1-7H3,(H,24,25). The fourth-order valence-corrected chi connectivity index (χ4v) is 3.35. The quantitative estimate of drug-likeness (QED) is 0.614. The van der Waals surface area contributed by atoms with Gasteiger partial charge in [-0.05, 0) is 57.6 Å². The van der Waals surface area contributed by atoms with Crippen molar-refractivity contribution in [2.24, 2.45) is 11.8 Å². The first-order chi connectivity index (χ1) is 12.6. The number of hydrogen-bond acceptors (Lipinski definition) is 4. The van der Waals surface area contributed by atoms with Crippen molar-refractivity contribution >= 4 is 11.6 Å². The van der Waals surface area contributed by atoms with E-state index in [0.717, 1.165) is 0 Å². The van der Waals surface area contributed by atoms with Gasteiger partial charge in [0.15, 0.2) is 0 Å². The number of rotatable bonds is 10. The highest BCUT2D eigenvalue weighted by atomic mass is 16.5. The van der Waals surface area contributed by atoms with Gasteiger partial charge >= 0.3 is 0 Å². The van der Waals surface area contributed by atoms with Gasteiger partial charge in [0.1, 0.15) is 17.4 Å². The van der Waals surface area contributed by atoms with Gasteiger partial charge < -0.3 is 14.8 Å². The summed E-state index contributed by atoms with van der Waals surface area (Å²) in [6.07, 6.45) is 1.27. The lowest BCUT2D eigenvalue weighted by Crippen LogP contribution is -2.47. The number of amides is 1. The molecule has 1 aromatic rings. The summed E-state index contributed by atoms with van der Waals surface area (Å²) in [5.41, 5.74) is -0.0483. The Morgan fingerprint density at radius 1 is 1.15 bits per heavy atom. The van der Waals surface area contributed by atoms with Crippen LogP contribution in [0.15, 0.2) is 18.2 Å². The molecule has 0 fully saturated rings. The monoisotopic (exact) mass is 374 g/mol. The van der Waals surface area contributed by atoms with Gasteiger partial charge in [-0.15, -0.1) is 0 Å². The van der Waals surface area contributed by atoms with Crippen molar-refractivity contribution in [1.82, 2.24) is 0 Å². The molecule has 1 aromatic carbocycles. The first-order valence-corrected chi connectivity index (χ1v) is 9.79. The Bertz CT molecular complexity index is 650. The lowest BCUT2D eigenvalue weighted by molar-refractivity contribution is -0.146. The summed E-state index contributed by atoms with van der Waals surface area (Å²) in [5.74, 6) is 1.03. The second-order valence-corrected chi connectivity index (χ2v) is 8.06. The van der Waals surface area contributed by atoms with Crippen LogP contribution in [0.1, 0.15) is 66.9 Å². The molecule has 0 atom stereocenters. The Morgan fingerprint density at radius 2 is 1.74 bits per heavy atom. The van der Waals surface area contributed by atoms with Crippen molar-refractivity contribution in [3.63, 3.8) is 0 Å². The molecule has 0 bridgehead atoms. The molecule has 0 aromatic heterocycles. The van der Waals surface area contributed by atoms with Gasteiger partial charge in [0, 0.05) is 12.7 Å². The molecular formula is C22H34N2O3. The Hall–Kier alpha value is -2.06. The van der Waals surface area contributed by atoms with Gasteiger partial charge in [-0.3, -0.25) is 4.79 Å². The maximum Gasteiger partial charge on any atom is 0.256 e. The fraction of sp³-hybridized carbons (Fsp3) is 0.636. The lowest BCUT2D eigenvalue weighted by Gasteiger charge is -2.35. The predicted molar refractivity (Wildman–Crippen MR) is 109 cm³/mol. The average Bonchev–Trinajstić information content (AvgIpc) is 2.54. The van der Waals surface area contributed by atoms with E-state index in [4.69, 9.17) is 9.47 Å². The molecule has 0 aliphatic rings. The minimum Gasteiger partial charge on any atom is -0.491 e. The zero-order valence-corrected chi connectivity index (χ0v) is 17.8. The molecular weight excluding hydrogens is 340 g/mol. The number of ether oxygens (including phenoxy) is 2. The highest BCUT2D eigenvalue weighted by Gasteiger charge is 2.40. The SMILES string of the molecule is CCOC(CC(C)C)(CC(C)C)C(=O)Nc1ccc(OC(C)C)cc1C#N. The van der Waals surface area contributed by atoms with Gasteiger partial charge in [0.25, 0.3) is 5.91 Å². The average molecular weight is 375 g/mol. The Morgan fingerprint density at radius 3 is 2.19 bits per heavy atom. The number of nitrogens with one attached hydrogen (secondary N) is 1.